The van der Waals surface area contributed by atoms with E-state index in [0.717, 1.165) is 11.1 Å². The Morgan fingerprint density at radius 2 is 1.79 bits per heavy atom. The van der Waals surface area contributed by atoms with E-state index < -0.39 is 29.8 Å². The topological polar surface area (TPSA) is 101 Å². The first-order chi connectivity index (χ1) is 20.7. The SMILES string of the molecule is Cc1ccnc(-c2cc(C(=O)N3CC(F)c4ccccc4[C@H]3C)nc3cc(-c4ccc([C@H]5C[C@@H]5C(=O)O)cc4F)nn23)c1. The number of carboxylic acid groups (broad SMARTS) is 1. The normalized spacial score (nSPS) is 21.1. The minimum absolute atomic E-state index is 0.0972. The van der Waals surface area contributed by atoms with Crippen LogP contribution in [0.2, 0.25) is 0 Å². The van der Waals surface area contributed by atoms with Crippen molar-refractivity contribution in [1.82, 2.24) is 24.5 Å². The number of aromatic nitrogens is 4. The van der Waals surface area contributed by atoms with Gasteiger partial charge in [-0.3, -0.25) is 14.6 Å². The number of hydrogen-bond acceptors (Lipinski definition) is 5. The number of benzene rings is 2. The highest BCUT2D eigenvalue weighted by molar-refractivity contribution is 5.94. The van der Waals surface area contributed by atoms with E-state index >= 15 is 8.78 Å². The first-order valence-corrected chi connectivity index (χ1v) is 14.1. The molecule has 1 fully saturated rings. The summed E-state index contributed by atoms with van der Waals surface area (Å²) in [6.07, 6.45) is 0.813. The Balaban J connectivity index is 1.31. The molecule has 0 radical (unpaired) electrons. The number of carboxylic acids is 1. The number of nitrogens with zero attached hydrogens (tertiary/aromatic N) is 5. The molecule has 0 saturated heterocycles. The van der Waals surface area contributed by atoms with Crippen molar-refractivity contribution in [3.8, 4) is 22.6 Å². The van der Waals surface area contributed by atoms with Gasteiger partial charge in [-0.2, -0.15) is 5.10 Å². The summed E-state index contributed by atoms with van der Waals surface area (Å²) in [5.74, 6) is -2.54. The van der Waals surface area contributed by atoms with Crippen LogP contribution < -0.4 is 0 Å². The second kappa shape index (κ2) is 10.1. The quantitative estimate of drug-likeness (QED) is 0.262. The van der Waals surface area contributed by atoms with Crippen LogP contribution in [0, 0.1) is 18.7 Å². The molecule has 2 aliphatic rings. The van der Waals surface area contributed by atoms with Gasteiger partial charge in [-0.25, -0.2) is 18.3 Å². The standard InChI is InChI=1S/C33H27F2N5O3/c1-17-9-10-36-28(11-17)30-14-29(32(41)39-16-26(35)21-6-4-3-5-20(21)18(39)2)37-31-15-27(38-40(30)31)22-8-7-19(12-25(22)34)23-13-24(23)33(42)43/h3-12,14-15,18,23-24,26H,13,16H2,1-2H3,(H,42,43)/t18-,23-,24+,26?/m1/s1. The number of fused-ring (bicyclic) bond motifs is 2. The van der Waals surface area contributed by atoms with Gasteiger partial charge in [-0.05, 0) is 78.8 Å². The molecule has 1 N–H and O–H groups in total. The third-order valence-corrected chi connectivity index (χ3v) is 8.50. The largest absolute Gasteiger partial charge is 0.481 e. The summed E-state index contributed by atoms with van der Waals surface area (Å²) >= 11 is 0. The summed E-state index contributed by atoms with van der Waals surface area (Å²) in [6.45, 7) is 3.69. The van der Waals surface area contributed by atoms with Crippen LogP contribution in [0.15, 0.2) is 72.9 Å². The first kappa shape index (κ1) is 26.9. The van der Waals surface area contributed by atoms with E-state index in [0.29, 0.717) is 40.3 Å². The molecule has 4 heterocycles. The minimum Gasteiger partial charge on any atom is -0.481 e. The van der Waals surface area contributed by atoms with Gasteiger partial charge in [-0.1, -0.05) is 30.3 Å². The van der Waals surface area contributed by atoms with Crippen molar-refractivity contribution in [3.05, 3.63) is 107 Å². The molecule has 5 aromatic rings. The fourth-order valence-corrected chi connectivity index (χ4v) is 6.06. The zero-order chi connectivity index (χ0) is 30.0. The van der Waals surface area contributed by atoms with Crippen molar-refractivity contribution in [2.24, 2.45) is 5.92 Å². The molecule has 1 aliphatic heterocycles. The molecule has 1 saturated carbocycles. The van der Waals surface area contributed by atoms with Gasteiger partial charge in [0.2, 0.25) is 0 Å². The Morgan fingerprint density at radius 3 is 2.51 bits per heavy atom. The lowest BCUT2D eigenvalue weighted by atomic mass is 9.92. The van der Waals surface area contributed by atoms with Crippen LogP contribution in [0.25, 0.3) is 28.3 Å². The molecule has 10 heteroatoms. The fraction of sp³-hybridized carbons (Fsp3) is 0.242. The number of halogens is 2. The van der Waals surface area contributed by atoms with E-state index in [9.17, 15) is 14.7 Å². The molecule has 4 atom stereocenters. The zero-order valence-electron chi connectivity index (χ0n) is 23.4. The molecule has 1 unspecified atom stereocenters. The summed E-state index contributed by atoms with van der Waals surface area (Å²) in [6, 6.07) is 18.4. The summed E-state index contributed by atoms with van der Waals surface area (Å²) in [5.41, 5.74) is 4.85. The minimum atomic E-state index is -1.33. The second-order valence-corrected chi connectivity index (χ2v) is 11.3. The highest BCUT2D eigenvalue weighted by Crippen LogP contribution is 2.48. The average Bonchev–Trinajstić information content (AvgIpc) is 3.70. The van der Waals surface area contributed by atoms with Crippen LogP contribution >= 0.6 is 0 Å². The van der Waals surface area contributed by atoms with Gasteiger partial charge in [0.15, 0.2) is 5.65 Å². The number of aryl methyl sites for hydroxylation is 1. The maximum absolute atomic E-state index is 15.4. The Morgan fingerprint density at radius 1 is 1.00 bits per heavy atom. The Kier molecular flexibility index (Phi) is 6.30. The number of pyridine rings is 1. The molecule has 0 bridgehead atoms. The highest BCUT2D eigenvalue weighted by atomic mass is 19.1. The van der Waals surface area contributed by atoms with E-state index in [1.54, 1.807) is 42.6 Å². The molecule has 3 aromatic heterocycles. The van der Waals surface area contributed by atoms with E-state index in [2.05, 4.69) is 15.1 Å². The second-order valence-electron chi connectivity index (χ2n) is 11.3. The fourth-order valence-electron chi connectivity index (χ4n) is 6.06. The van der Waals surface area contributed by atoms with Crippen LogP contribution in [0.3, 0.4) is 0 Å². The molecular formula is C33H27F2N5O3. The van der Waals surface area contributed by atoms with E-state index in [-0.39, 0.29) is 29.8 Å². The third-order valence-electron chi connectivity index (χ3n) is 8.50. The van der Waals surface area contributed by atoms with Crippen LogP contribution in [-0.2, 0) is 4.79 Å². The van der Waals surface area contributed by atoms with Gasteiger partial charge in [0.05, 0.1) is 35.6 Å². The van der Waals surface area contributed by atoms with E-state index in [1.165, 1.54) is 15.5 Å². The molecule has 1 amide bonds. The smallest absolute Gasteiger partial charge is 0.307 e. The summed E-state index contributed by atoms with van der Waals surface area (Å²) in [4.78, 5) is 35.8. The van der Waals surface area contributed by atoms with Gasteiger partial charge in [-0.15, -0.1) is 0 Å². The number of rotatable bonds is 5. The average molecular weight is 580 g/mol. The lowest BCUT2D eigenvalue weighted by Gasteiger charge is -2.36. The van der Waals surface area contributed by atoms with Gasteiger partial charge in [0.25, 0.3) is 5.91 Å². The molecule has 0 spiro atoms. The van der Waals surface area contributed by atoms with Gasteiger partial charge in [0.1, 0.15) is 17.7 Å². The van der Waals surface area contributed by atoms with Crippen molar-refractivity contribution in [2.75, 3.05) is 6.54 Å². The number of alkyl halides is 1. The van der Waals surface area contributed by atoms with E-state index in [4.69, 9.17) is 0 Å². The lowest BCUT2D eigenvalue weighted by molar-refractivity contribution is -0.138. The Labute approximate surface area is 245 Å². The maximum atomic E-state index is 15.4. The lowest BCUT2D eigenvalue weighted by Crippen LogP contribution is -2.40. The van der Waals surface area contributed by atoms with Crippen LogP contribution in [0.5, 0.6) is 0 Å². The number of carbonyl (C=O) groups is 2. The molecule has 7 rings (SSSR count). The summed E-state index contributed by atoms with van der Waals surface area (Å²) in [5, 5.41) is 13.9. The molecule has 8 nitrogen and oxygen atoms in total. The number of hydrogen-bond donors (Lipinski definition) is 1. The van der Waals surface area contributed by atoms with Crippen LogP contribution in [0.4, 0.5) is 8.78 Å². The van der Waals surface area contributed by atoms with Crippen molar-refractivity contribution >= 4 is 17.5 Å². The predicted octanol–water partition coefficient (Wildman–Crippen LogP) is 6.32. The van der Waals surface area contributed by atoms with Gasteiger partial charge in [0, 0.05) is 17.8 Å². The Hall–Kier alpha value is -4.99. The number of aliphatic carboxylic acids is 1. The maximum Gasteiger partial charge on any atom is 0.307 e. The molecule has 1 aliphatic carbocycles. The van der Waals surface area contributed by atoms with Gasteiger partial charge < -0.3 is 10.0 Å². The molecular weight excluding hydrogens is 552 g/mol. The summed E-state index contributed by atoms with van der Waals surface area (Å²) < 4.78 is 32.1. The summed E-state index contributed by atoms with van der Waals surface area (Å²) in [7, 11) is 0. The predicted molar refractivity (Wildman–Crippen MR) is 155 cm³/mol. The van der Waals surface area contributed by atoms with Crippen molar-refractivity contribution < 1.29 is 23.5 Å². The van der Waals surface area contributed by atoms with E-state index in [1.807, 2.05) is 38.1 Å². The first-order valence-electron chi connectivity index (χ1n) is 14.1. The molecule has 43 heavy (non-hydrogen) atoms. The van der Waals surface area contributed by atoms with Crippen LogP contribution in [0.1, 0.15) is 64.2 Å². The third kappa shape index (κ3) is 4.63. The van der Waals surface area contributed by atoms with Crippen molar-refractivity contribution in [2.45, 2.75) is 38.4 Å². The highest BCUT2D eigenvalue weighted by Gasteiger charge is 2.44. The van der Waals surface area contributed by atoms with Crippen molar-refractivity contribution in [1.29, 1.82) is 0 Å². The number of amides is 1. The number of carbonyl (C=O) groups excluding carboxylic acids is 1. The monoisotopic (exact) mass is 579 g/mol. The Bertz CT molecular complexity index is 1940. The van der Waals surface area contributed by atoms with Crippen LogP contribution in [-0.4, -0.2) is 48.0 Å². The van der Waals surface area contributed by atoms with Gasteiger partial charge >= 0.3 is 5.97 Å². The zero-order valence-corrected chi connectivity index (χ0v) is 23.4. The van der Waals surface area contributed by atoms with Crippen molar-refractivity contribution in [3.63, 3.8) is 0 Å². The molecule has 216 valence electrons. The molecule has 2 aromatic carbocycles.